The van der Waals surface area contributed by atoms with E-state index < -0.39 is 10.0 Å². The molecule has 0 bridgehead atoms. The normalized spacial score (nSPS) is 22.2. The van der Waals surface area contributed by atoms with Gasteiger partial charge in [0.2, 0.25) is 10.0 Å². The van der Waals surface area contributed by atoms with E-state index in [2.05, 4.69) is 0 Å². The van der Waals surface area contributed by atoms with Crippen molar-refractivity contribution >= 4 is 44.8 Å². The highest BCUT2D eigenvalue weighted by molar-refractivity contribution is 7.89. The number of hydrogen-bond acceptors (Lipinski definition) is 3. The van der Waals surface area contributed by atoms with Gasteiger partial charge in [-0.2, -0.15) is 4.31 Å². The topological polar surface area (TPSA) is 63.4 Å². The molecule has 0 spiro atoms. The van der Waals surface area contributed by atoms with Crippen LogP contribution in [0, 0.1) is 5.41 Å². The fraction of sp³-hybridized carbons (Fsp3) is 0.375. The smallest absolute Gasteiger partial charge is 0.243 e. The first-order valence-electron chi connectivity index (χ1n) is 7.25. The Morgan fingerprint density at radius 1 is 1.22 bits per heavy atom. The molecule has 1 unspecified atom stereocenters. The van der Waals surface area contributed by atoms with Crippen LogP contribution in [0.15, 0.2) is 41.3 Å². The lowest BCUT2D eigenvalue weighted by Crippen LogP contribution is -2.34. The van der Waals surface area contributed by atoms with Crippen LogP contribution in [0.25, 0.3) is 10.8 Å². The van der Waals surface area contributed by atoms with Gasteiger partial charge in [-0.15, -0.1) is 12.4 Å². The summed E-state index contributed by atoms with van der Waals surface area (Å²) in [6, 6.07) is 10.6. The largest absolute Gasteiger partial charge is 0.330 e. The minimum Gasteiger partial charge on any atom is -0.330 e. The standard InChI is InChI=1S/C16H19ClN2O2S.ClH/c1-16(10-18)8-9-19(11-16)22(20,21)15-7-6-14(17)12-4-2-3-5-13(12)15;/h2-7H,8-11,18H2,1H3;1H. The molecule has 0 aliphatic carbocycles. The molecule has 4 nitrogen and oxygen atoms in total. The second-order valence-electron chi connectivity index (χ2n) is 6.19. The van der Waals surface area contributed by atoms with Crippen LogP contribution in [0.2, 0.25) is 5.02 Å². The minimum atomic E-state index is -3.54. The Morgan fingerprint density at radius 3 is 2.48 bits per heavy atom. The van der Waals surface area contributed by atoms with Gasteiger partial charge in [-0.05, 0) is 30.5 Å². The molecular formula is C16H20Cl2N2O2S. The van der Waals surface area contributed by atoms with Crippen molar-refractivity contribution in [3.63, 3.8) is 0 Å². The highest BCUT2D eigenvalue weighted by Crippen LogP contribution is 2.36. The lowest BCUT2D eigenvalue weighted by Gasteiger charge is -2.23. The predicted molar refractivity (Wildman–Crippen MR) is 96.7 cm³/mol. The Bertz CT molecular complexity index is 826. The molecule has 0 aromatic heterocycles. The molecule has 7 heteroatoms. The predicted octanol–water partition coefficient (Wildman–Crippen LogP) is 3.27. The zero-order chi connectivity index (χ0) is 16.0. The van der Waals surface area contributed by atoms with Crippen molar-refractivity contribution in [3.05, 3.63) is 41.4 Å². The van der Waals surface area contributed by atoms with Gasteiger partial charge < -0.3 is 5.73 Å². The van der Waals surface area contributed by atoms with Crippen LogP contribution in [0.3, 0.4) is 0 Å². The Hall–Kier alpha value is -0.850. The van der Waals surface area contributed by atoms with Crippen LogP contribution >= 0.6 is 24.0 Å². The molecule has 0 amide bonds. The second-order valence-corrected chi connectivity index (χ2v) is 8.51. The van der Waals surface area contributed by atoms with E-state index in [4.69, 9.17) is 17.3 Å². The van der Waals surface area contributed by atoms with E-state index in [1.54, 1.807) is 18.2 Å². The van der Waals surface area contributed by atoms with Crippen molar-refractivity contribution in [2.24, 2.45) is 11.1 Å². The van der Waals surface area contributed by atoms with Crippen LogP contribution in [0.5, 0.6) is 0 Å². The Morgan fingerprint density at radius 2 is 1.87 bits per heavy atom. The van der Waals surface area contributed by atoms with E-state index in [0.29, 0.717) is 34.9 Å². The van der Waals surface area contributed by atoms with Crippen LogP contribution in [-0.2, 0) is 10.0 Å². The Labute approximate surface area is 148 Å². The van der Waals surface area contributed by atoms with Crippen molar-refractivity contribution in [3.8, 4) is 0 Å². The maximum atomic E-state index is 13.0. The molecule has 1 saturated heterocycles. The third-order valence-electron chi connectivity index (χ3n) is 4.46. The summed E-state index contributed by atoms with van der Waals surface area (Å²) in [6.07, 6.45) is 0.786. The molecule has 1 atom stereocenters. The van der Waals surface area contributed by atoms with Crippen LogP contribution in [0.1, 0.15) is 13.3 Å². The molecule has 1 fully saturated rings. The summed E-state index contributed by atoms with van der Waals surface area (Å²) in [4.78, 5) is 0.314. The molecule has 1 aliphatic heterocycles. The first kappa shape index (κ1) is 18.5. The quantitative estimate of drug-likeness (QED) is 0.896. The molecule has 1 aliphatic rings. The SMILES string of the molecule is CC1(CN)CCN(S(=O)(=O)c2ccc(Cl)c3ccccc23)C1.Cl. The average molecular weight is 375 g/mol. The molecule has 3 rings (SSSR count). The van der Waals surface area contributed by atoms with Gasteiger partial charge in [0, 0.05) is 28.9 Å². The fourth-order valence-corrected chi connectivity index (χ4v) is 4.96. The van der Waals surface area contributed by atoms with Gasteiger partial charge in [0.05, 0.1) is 4.90 Å². The van der Waals surface area contributed by atoms with E-state index in [-0.39, 0.29) is 17.8 Å². The lowest BCUT2D eigenvalue weighted by molar-refractivity contribution is 0.350. The van der Waals surface area contributed by atoms with Gasteiger partial charge in [0.25, 0.3) is 0 Å². The third-order valence-corrected chi connectivity index (χ3v) is 6.70. The van der Waals surface area contributed by atoms with Crippen LogP contribution in [-0.4, -0.2) is 32.4 Å². The molecular weight excluding hydrogens is 355 g/mol. The summed E-state index contributed by atoms with van der Waals surface area (Å²) in [6.45, 7) is 3.48. The van der Waals surface area contributed by atoms with Crippen molar-refractivity contribution in [1.29, 1.82) is 0 Å². The number of rotatable bonds is 3. The number of benzene rings is 2. The first-order chi connectivity index (χ1) is 10.4. The summed E-state index contributed by atoms with van der Waals surface area (Å²) in [5.41, 5.74) is 5.64. The van der Waals surface area contributed by atoms with Crippen molar-refractivity contribution in [2.45, 2.75) is 18.2 Å². The molecule has 0 radical (unpaired) electrons. The van der Waals surface area contributed by atoms with Gasteiger partial charge in [-0.25, -0.2) is 8.42 Å². The molecule has 2 aromatic rings. The number of nitrogens with zero attached hydrogens (tertiary/aromatic N) is 1. The van der Waals surface area contributed by atoms with Gasteiger partial charge in [0.15, 0.2) is 0 Å². The molecule has 0 saturated carbocycles. The summed E-state index contributed by atoms with van der Waals surface area (Å²) < 4.78 is 27.5. The van der Waals surface area contributed by atoms with Crippen molar-refractivity contribution < 1.29 is 8.42 Å². The number of fused-ring (bicyclic) bond motifs is 1. The van der Waals surface area contributed by atoms with Crippen molar-refractivity contribution in [2.75, 3.05) is 19.6 Å². The highest BCUT2D eigenvalue weighted by Gasteiger charge is 2.39. The highest BCUT2D eigenvalue weighted by atomic mass is 35.5. The monoisotopic (exact) mass is 374 g/mol. The van der Waals surface area contributed by atoms with Crippen molar-refractivity contribution in [1.82, 2.24) is 4.31 Å². The van der Waals surface area contributed by atoms with E-state index in [1.165, 1.54) is 4.31 Å². The zero-order valence-corrected chi connectivity index (χ0v) is 15.2. The van der Waals surface area contributed by atoms with Crippen LogP contribution < -0.4 is 5.73 Å². The average Bonchev–Trinajstić information content (AvgIpc) is 2.92. The summed E-state index contributed by atoms with van der Waals surface area (Å²) in [5.74, 6) is 0. The molecule has 1 heterocycles. The molecule has 2 N–H and O–H groups in total. The van der Waals surface area contributed by atoms with E-state index in [9.17, 15) is 8.42 Å². The Balaban J connectivity index is 0.00000192. The number of hydrogen-bond donors (Lipinski definition) is 1. The number of sulfonamides is 1. The number of halogens is 2. The minimum absolute atomic E-state index is 0. The Kier molecular flexibility index (Phi) is 5.28. The fourth-order valence-electron chi connectivity index (χ4n) is 2.95. The zero-order valence-electron chi connectivity index (χ0n) is 12.8. The second kappa shape index (κ2) is 6.57. The first-order valence-corrected chi connectivity index (χ1v) is 9.07. The summed E-state index contributed by atoms with van der Waals surface area (Å²) in [5, 5.41) is 1.98. The van der Waals surface area contributed by atoms with E-state index in [1.807, 2.05) is 25.1 Å². The maximum Gasteiger partial charge on any atom is 0.243 e. The van der Waals surface area contributed by atoms with E-state index >= 15 is 0 Å². The van der Waals surface area contributed by atoms with Crippen LogP contribution in [0.4, 0.5) is 0 Å². The van der Waals surface area contributed by atoms with Gasteiger partial charge in [-0.3, -0.25) is 0 Å². The number of nitrogens with two attached hydrogens (primary N) is 1. The van der Waals surface area contributed by atoms with Gasteiger partial charge >= 0.3 is 0 Å². The molecule has 2 aromatic carbocycles. The molecule has 23 heavy (non-hydrogen) atoms. The lowest BCUT2D eigenvalue weighted by atomic mass is 9.90. The van der Waals surface area contributed by atoms with Gasteiger partial charge in [-0.1, -0.05) is 42.8 Å². The van der Waals surface area contributed by atoms with Gasteiger partial charge in [0.1, 0.15) is 0 Å². The van der Waals surface area contributed by atoms with E-state index in [0.717, 1.165) is 11.8 Å². The summed E-state index contributed by atoms with van der Waals surface area (Å²) >= 11 is 6.18. The maximum absolute atomic E-state index is 13.0. The third kappa shape index (κ3) is 3.21. The molecule has 126 valence electrons. The summed E-state index contributed by atoms with van der Waals surface area (Å²) in [7, 11) is -3.54.